The Kier molecular flexibility index (Phi) is 4.35. The SMILES string of the molecule is CCNC(c1c(C)c(C)c(C)c(C)c1C)C1CCC1. The molecule has 1 N–H and O–H groups in total. The van der Waals surface area contributed by atoms with Crippen molar-refractivity contribution in [3.63, 3.8) is 0 Å². The first-order valence-electron chi connectivity index (χ1n) is 7.79. The second kappa shape index (κ2) is 5.66. The molecule has 1 heteroatoms. The average molecular weight is 259 g/mol. The Morgan fingerprint density at radius 2 is 1.37 bits per heavy atom. The maximum Gasteiger partial charge on any atom is 0.0354 e. The van der Waals surface area contributed by atoms with Crippen molar-refractivity contribution in [2.75, 3.05) is 6.54 Å². The minimum atomic E-state index is 0.566. The molecule has 2 rings (SSSR count). The Morgan fingerprint density at radius 3 is 1.74 bits per heavy atom. The number of rotatable bonds is 4. The molecule has 1 saturated carbocycles. The minimum absolute atomic E-state index is 0.566. The summed E-state index contributed by atoms with van der Waals surface area (Å²) in [6.45, 7) is 14.7. The van der Waals surface area contributed by atoms with Crippen LogP contribution >= 0.6 is 0 Å². The Hall–Kier alpha value is -0.820. The summed E-state index contributed by atoms with van der Waals surface area (Å²) >= 11 is 0. The van der Waals surface area contributed by atoms with Crippen molar-refractivity contribution >= 4 is 0 Å². The third-order valence-corrected chi connectivity index (χ3v) is 5.41. The zero-order valence-electron chi connectivity index (χ0n) is 13.5. The van der Waals surface area contributed by atoms with Crippen LogP contribution in [0, 0.1) is 40.5 Å². The molecule has 1 aromatic carbocycles. The zero-order chi connectivity index (χ0) is 14.2. The van der Waals surface area contributed by atoms with Gasteiger partial charge in [0.05, 0.1) is 0 Å². The second-order valence-corrected chi connectivity index (χ2v) is 6.27. The fraction of sp³-hybridized carbons (Fsp3) is 0.667. The van der Waals surface area contributed by atoms with Gasteiger partial charge in [-0.2, -0.15) is 0 Å². The zero-order valence-corrected chi connectivity index (χ0v) is 13.5. The van der Waals surface area contributed by atoms with Crippen molar-refractivity contribution in [1.82, 2.24) is 5.32 Å². The molecule has 1 fully saturated rings. The highest BCUT2D eigenvalue weighted by Crippen LogP contribution is 2.41. The normalized spacial score (nSPS) is 17.4. The third kappa shape index (κ3) is 2.45. The van der Waals surface area contributed by atoms with E-state index in [1.54, 1.807) is 5.56 Å². The van der Waals surface area contributed by atoms with Crippen molar-refractivity contribution in [3.05, 3.63) is 33.4 Å². The first-order valence-corrected chi connectivity index (χ1v) is 7.79. The van der Waals surface area contributed by atoms with Gasteiger partial charge in [-0.3, -0.25) is 0 Å². The van der Waals surface area contributed by atoms with E-state index in [-0.39, 0.29) is 0 Å². The van der Waals surface area contributed by atoms with Crippen molar-refractivity contribution in [2.24, 2.45) is 5.92 Å². The topological polar surface area (TPSA) is 12.0 Å². The highest BCUT2D eigenvalue weighted by atomic mass is 14.9. The molecule has 19 heavy (non-hydrogen) atoms. The van der Waals surface area contributed by atoms with Crippen molar-refractivity contribution in [1.29, 1.82) is 0 Å². The maximum atomic E-state index is 3.76. The Labute approximate surface area is 118 Å². The van der Waals surface area contributed by atoms with Crippen LogP contribution in [0.4, 0.5) is 0 Å². The molecule has 1 nitrogen and oxygen atoms in total. The van der Waals surface area contributed by atoms with Gasteiger partial charge in [0, 0.05) is 6.04 Å². The lowest BCUT2D eigenvalue weighted by atomic mass is 9.73. The molecule has 1 aliphatic rings. The van der Waals surface area contributed by atoms with E-state index in [2.05, 4.69) is 46.9 Å². The highest BCUT2D eigenvalue weighted by molar-refractivity contribution is 5.51. The summed E-state index contributed by atoms with van der Waals surface area (Å²) in [6.07, 6.45) is 4.19. The Bertz CT molecular complexity index is 440. The summed E-state index contributed by atoms with van der Waals surface area (Å²) < 4.78 is 0. The predicted molar refractivity (Wildman–Crippen MR) is 83.9 cm³/mol. The molecule has 1 atom stereocenters. The minimum Gasteiger partial charge on any atom is -0.310 e. The van der Waals surface area contributed by atoms with Gasteiger partial charge in [-0.25, -0.2) is 0 Å². The van der Waals surface area contributed by atoms with Crippen LogP contribution < -0.4 is 5.32 Å². The summed E-state index contributed by atoms with van der Waals surface area (Å²) in [4.78, 5) is 0. The number of hydrogen-bond acceptors (Lipinski definition) is 1. The van der Waals surface area contributed by atoms with Crippen LogP contribution in [0.3, 0.4) is 0 Å². The molecule has 1 unspecified atom stereocenters. The molecule has 0 spiro atoms. The van der Waals surface area contributed by atoms with E-state index in [0.29, 0.717) is 6.04 Å². The monoisotopic (exact) mass is 259 g/mol. The fourth-order valence-corrected chi connectivity index (χ4v) is 3.49. The van der Waals surface area contributed by atoms with E-state index in [9.17, 15) is 0 Å². The van der Waals surface area contributed by atoms with Gasteiger partial charge in [0.2, 0.25) is 0 Å². The van der Waals surface area contributed by atoms with Gasteiger partial charge < -0.3 is 5.32 Å². The van der Waals surface area contributed by atoms with Crippen LogP contribution in [0.2, 0.25) is 0 Å². The Morgan fingerprint density at radius 1 is 0.895 bits per heavy atom. The number of hydrogen-bond donors (Lipinski definition) is 1. The number of benzene rings is 1. The predicted octanol–water partition coefficient (Wildman–Crippen LogP) is 4.68. The lowest BCUT2D eigenvalue weighted by Crippen LogP contribution is -2.33. The molecule has 0 amide bonds. The van der Waals surface area contributed by atoms with E-state index >= 15 is 0 Å². The summed E-state index contributed by atoms with van der Waals surface area (Å²) in [5.74, 6) is 0.846. The maximum absolute atomic E-state index is 3.76. The van der Waals surface area contributed by atoms with Crippen molar-refractivity contribution in [3.8, 4) is 0 Å². The quantitative estimate of drug-likeness (QED) is 0.828. The van der Waals surface area contributed by atoms with Gasteiger partial charge in [0.1, 0.15) is 0 Å². The molecule has 1 aromatic rings. The second-order valence-electron chi connectivity index (χ2n) is 6.27. The first kappa shape index (κ1) is 14.6. The van der Waals surface area contributed by atoms with Crippen LogP contribution in [0.1, 0.15) is 65.6 Å². The van der Waals surface area contributed by atoms with Gasteiger partial charge in [-0.15, -0.1) is 0 Å². The van der Waals surface area contributed by atoms with Gasteiger partial charge in [0.25, 0.3) is 0 Å². The lowest BCUT2D eigenvalue weighted by molar-refractivity contribution is 0.232. The van der Waals surface area contributed by atoms with E-state index in [1.807, 2.05) is 0 Å². The highest BCUT2D eigenvalue weighted by Gasteiger charge is 2.30. The third-order valence-electron chi connectivity index (χ3n) is 5.41. The van der Waals surface area contributed by atoms with Crippen LogP contribution in [-0.4, -0.2) is 6.54 Å². The smallest absolute Gasteiger partial charge is 0.0354 e. The molecule has 0 bridgehead atoms. The summed E-state index contributed by atoms with van der Waals surface area (Å²) in [5, 5.41) is 3.76. The molecular formula is C18H29N. The standard InChI is InChI=1S/C18H29N/c1-7-19-18(16-9-8-10-16)17-14(5)12(3)11(2)13(4)15(17)6/h16,18-19H,7-10H2,1-6H3. The molecule has 106 valence electrons. The van der Waals surface area contributed by atoms with Gasteiger partial charge in [-0.1, -0.05) is 13.3 Å². The molecule has 0 saturated heterocycles. The van der Waals surface area contributed by atoms with E-state index in [0.717, 1.165) is 12.5 Å². The molecule has 0 aromatic heterocycles. The van der Waals surface area contributed by atoms with Gasteiger partial charge in [-0.05, 0) is 93.3 Å². The van der Waals surface area contributed by atoms with E-state index < -0.39 is 0 Å². The van der Waals surface area contributed by atoms with Crippen LogP contribution in [0.15, 0.2) is 0 Å². The van der Waals surface area contributed by atoms with Crippen LogP contribution in [0.25, 0.3) is 0 Å². The molecule has 0 radical (unpaired) electrons. The van der Waals surface area contributed by atoms with Crippen molar-refractivity contribution < 1.29 is 0 Å². The lowest BCUT2D eigenvalue weighted by Gasteiger charge is -2.37. The molecule has 0 aliphatic heterocycles. The summed E-state index contributed by atoms with van der Waals surface area (Å²) in [5.41, 5.74) is 9.06. The number of nitrogens with one attached hydrogen (secondary N) is 1. The summed E-state index contributed by atoms with van der Waals surface area (Å²) in [7, 11) is 0. The van der Waals surface area contributed by atoms with E-state index in [4.69, 9.17) is 0 Å². The molecular weight excluding hydrogens is 230 g/mol. The first-order chi connectivity index (χ1) is 8.99. The summed E-state index contributed by atoms with van der Waals surface area (Å²) in [6, 6.07) is 0.566. The molecule has 0 heterocycles. The Balaban J connectivity index is 2.52. The fourth-order valence-electron chi connectivity index (χ4n) is 3.49. The van der Waals surface area contributed by atoms with Crippen LogP contribution in [0.5, 0.6) is 0 Å². The van der Waals surface area contributed by atoms with Crippen molar-refractivity contribution in [2.45, 2.75) is 66.8 Å². The van der Waals surface area contributed by atoms with E-state index in [1.165, 1.54) is 47.1 Å². The van der Waals surface area contributed by atoms with Gasteiger partial charge >= 0.3 is 0 Å². The average Bonchev–Trinajstić information content (AvgIpc) is 2.32. The largest absolute Gasteiger partial charge is 0.310 e. The van der Waals surface area contributed by atoms with Gasteiger partial charge in [0.15, 0.2) is 0 Å². The molecule has 1 aliphatic carbocycles. The van der Waals surface area contributed by atoms with Crippen LogP contribution in [-0.2, 0) is 0 Å².